The van der Waals surface area contributed by atoms with Crippen LogP contribution in [0.4, 0.5) is 0 Å². The molecule has 0 saturated carbocycles. The van der Waals surface area contributed by atoms with Crippen molar-refractivity contribution in [2.45, 2.75) is 46.0 Å². The third-order valence-corrected chi connectivity index (χ3v) is 6.36. The molecule has 0 heterocycles. The Morgan fingerprint density at radius 3 is 2.42 bits per heavy atom. The summed E-state index contributed by atoms with van der Waals surface area (Å²) in [6, 6.07) is 18.2. The second kappa shape index (κ2) is 8.30. The molecule has 0 N–H and O–H groups in total. The van der Waals surface area contributed by atoms with E-state index in [2.05, 4.69) is 74.5 Å². The lowest BCUT2D eigenvalue weighted by molar-refractivity contribution is 0.795. The molecule has 1 aliphatic rings. The van der Waals surface area contributed by atoms with Gasteiger partial charge in [-0.15, -0.1) is 0 Å². The van der Waals surface area contributed by atoms with E-state index in [0.29, 0.717) is 0 Å². The molecule has 0 bridgehead atoms. The minimum absolute atomic E-state index is 0.804. The molecule has 0 saturated heterocycles. The highest BCUT2D eigenvalue weighted by molar-refractivity contribution is 6.61. The fraction of sp³-hybridized carbons (Fsp3) is 0.304. The van der Waals surface area contributed by atoms with Gasteiger partial charge in [-0.2, -0.15) is 0 Å². The van der Waals surface area contributed by atoms with Gasteiger partial charge in [0, 0.05) is 0 Å². The molecule has 2 aromatic carbocycles. The van der Waals surface area contributed by atoms with Gasteiger partial charge in [-0.25, -0.2) is 0 Å². The van der Waals surface area contributed by atoms with Crippen molar-refractivity contribution < 1.29 is 0 Å². The first kappa shape index (κ1) is 17.0. The Hall–Kier alpha value is -1.86. The zero-order valence-electron chi connectivity index (χ0n) is 14.8. The summed E-state index contributed by atoms with van der Waals surface area (Å²) in [6.45, 7) is 4.49. The molecule has 24 heavy (non-hydrogen) atoms. The lowest BCUT2D eigenvalue weighted by Gasteiger charge is -2.11. The van der Waals surface area contributed by atoms with Crippen molar-refractivity contribution in [1.29, 1.82) is 0 Å². The van der Waals surface area contributed by atoms with E-state index in [0.717, 1.165) is 22.4 Å². The number of unbranched alkanes of at least 4 members (excludes halogenated alkanes) is 1. The van der Waals surface area contributed by atoms with Crippen LogP contribution in [0.2, 0.25) is 0 Å². The van der Waals surface area contributed by atoms with Gasteiger partial charge in [0.1, 0.15) is 9.52 Å². The topological polar surface area (TPSA) is 0 Å². The van der Waals surface area contributed by atoms with E-state index in [1.807, 2.05) is 0 Å². The standard InChI is InChI=1S/C23H26Si/c1-3-4-9-19-13-15-20(16-14-19)17-21-10-5-6-11-23(21)24-22-12-7-8-18(22)2/h5-8,10-11,13-16H,3-4,9,12,17H2,1-2H3. The zero-order valence-corrected chi connectivity index (χ0v) is 15.8. The molecule has 0 atom stereocenters. The van der Waals surface area contributed by atoms with E-state index >= 15 is 0 Å². The van der Waals surface area contributed by atoms with Gasteiger partial charge in [0.25, 0.3) is 0 Å². The SMILES string of the molecule is CCCCc1ccc(Cc2ccccc2[Si]C2=C(C)C=CC2)cc1. The summed E-state index contributed by atoms with van der Waals surface area (Å²) < 4.78 is 0. The molecule has 1 aliphatic carbocycles. The van der Waals surface area contributed by atoms with Gasteiger partial charge >= 0.3 is 0 Å². The predicted molar refractivity (Wildman–Crippen MR) is 106 cm³/mol. The molecule has 3 rings (SSSR count). The molecule has 122 valence electrons. The van der Waals surface area contributed by atoms with E-state index in [1.54, 1.807) is 5.20 Å². The molecule has 0 amide bonds. The first-order chi connectivity index (χ1) is 11.8. The number of rotatable bonds is 7. The highest BCUT2D eigenvalue weighted by Crippen LogP contribution is 2.18. The van der Waals surface area contributed by atoms with Crippen LogP contribution in [-0.4, -0.2) is 9.52 Å². The third-order valence-electron chi connectivity index (χ3n) is 4.71. The van der Waals surface area contributed by atoms with Crippen molar-refractivity contribution in [3.63, 3.8) is 0 Å². The minimum atomic E-state index is 0.804. The van der Waals surface area contributed by atoms with Crippen LogP contribution in [0.3, 0.4) is 0 Å². The maximum absolute atomic E-state index is 2.31. The number of aryl methyl sites for hydroxylation is 1. The fourth-order valence-corrected chi connectivity index (χ4v) is 4.49. The van der Waals surface area contributed by atoms with Crippen molar-refractivity contribution >= 4 is 14.7 Å². The maximum Gasteiger partial charge on any atom is 0.117 e. The average Bonchev–Trinajstić information content (AvgIpc) is 3.01. The summed E-state index contributed by atoms with van der Waals surface area (Å²) in [5, 5.41) is 3.10. The Bertz CT molecular complexity index is 735. The second-order valence-corrected chi connectivity index (χ2v) is 8.04. The van der Waals surface area contributed by atoms with E-state index in [9.17, 15) is 0 Å². The van der Waals surface area contributed by atoms with Crippen molar-refractivity contribution in [2.24, 2.45) is 0 Å². The van der Waals surface area contributed by atoms with Crippen LogP contribution < -0.4 is 5.19 Å². The van der Waals surface area contributed by atoms with E-state index in [1.165, 1.54) is 46.7 Å². The Labute approximate surface area is 149 Å². The Morgan fingerprint density at radius 2 is 1.71 bits per heavy atom. The van der Waals surface area contributed by atoms with Crippen molar-refractivity contribution in [1.82, 2.24) is 0 Å². The van der Waals surface area contributed by atoms with E-state index in [4.69, 9.17) is 0 Å². The summed E-state index contributed by atoms with van der Waals surface area (Å²) >= 11 is 0. The molecule has 0 aromatic heterocycles. The normalized spacial score (nSPS) is 13.8. The summed E-state index contributed by atoms with van der Waals surface area (Å²) in [5.41, 5.74) is 5.82. The van der Waals surface area contributed by atoms with Crippen molar-refractivity contribution in [3.05, 3.63) is 88.1 Å². The first-order valence-corrected chi connectivity index (χ1v) is 10.1. The fourth-order valence-electron chi connectivity index (χ4n) is 3.15. The monoisotopic (exact) mass is 330 g/mol. The van der Waals surface area contributed by atoms with Crippen molar-refractivity contribution in [2.75, 3.05) is 0 Å². The van der Waals surface area contributed by atoms with Gasteiger partial charge in [0.05, 0.1) is 0 Å². The van der Waals surface area contributed by atoms with Crippen LogP contribution in [0.15, 0.2) is 71.5 Å². The summed E-state index contributed by atoms with van der Waals surface area (Å²) in [6.07, 6.45) is 10.5. The molecular weight excluding hydrogens is 304 g/mol. The highest BCUT2D eigenvalue weighted by atomic mass is 28.2. The number of hydrogen-bond acceptors (Lipinski definition) is 0. The summed E-state index contributed by atoms with van der Waals surface area (Å²) in [4.78, 5) is 0. The van der Waals surface area contributed by atoms with Gasteiger partial charge in [-0.3, -0.25) is 0 Å². The van der Waals surface area contributed by atoms with Crippen LogP contribution >= 0.6 is 0 Å². The maximum atomic E-state index is 2.31. The zero-order chi connectivity index (χ0) is 16.8. The molecule has 0 aliphatic heterocycles. The first-order valence-electron chi connectivity index (χ1n) is 9.05. The average molecular weight is 331 g/mol. The summed E-state index contributed by atoms with van der Waals surface area (Å²) in [5.74, 6) is 0. The smallest absolute Gasteiger partial charge is 0.0806 e. The van der Waals surface area contributed by atoms with Crippen LogP contribution in [0, 0.1) is 0 Å². The van der Waals surface area contributed by atoms with Gasteiger partial charge in [0.15, 0.2) is 0 Å². The quantitative estimate of drug-likeness (QED) is 0.613. The molecule has 0 nitrogen and oxygen atoms in total. The highest BCUT2D eigenvalue weighted by Gasteiger charge is 2.11. The minimum Gasteiger partial charge on any atom is -0.0806 e. The molecule has 0 spiro atoms. The molecule has 0 fully saturated rings. The van der Waals surface area contributed by atoms with Gasteiger partial charge in [-0.05, 0) is 49.3 Å². The molecule has 1 heteroatoms. The van der Waals surface area contributed by atoms with Crippen LogP contribution in [0.1, 0.15) is 49.8 Å². The van der Waals surface area contributed by atoms with Crippen LogP contribution in [0.5, 0.6) is 0 Å². The number of allylic oxidation sites excluding steroid dienone is 4. The largest absolute Gasteiger partial charge is 0.117 e. The van der Waals surface area contributed by atoms with Crippen LogP contribution in [-0.2, 0) is 12.8 Å². The van der Waals surface area contributed by atoms with Crippen LogP contribution in [0.25, 0.3) is 0 Å². The number of hydrogen-bond donors (Lipinski definition) is 0. The number of benzene rings is 2. The molecular formula is C23H26Si. The molecule has 2 aromatic rings. The van der Waals surface area contributed by atoms with Gasteiger partial charge < -0.3 is 0 Å². The Kier molecular flexibility index (Phi) is 5.87. The van der Waals surface area contributed by atoms with E-state index < -0.39 is 0 Å². The summed E-state index contributed by atoms with van der Waals surface area (Å²) in [7, 11) is 0.804. The molecule has 0 unspecified atom stereocenters. The lowest BCUT2D eigenvalue weighted by atomic mass is 10.0. The third kappa shape index (κ3) is 4.36. The lowest BCUT2D eigenvalue weighted by Crippen LogP contribution is -2.21. The molecule has 2 radical (unpaired) electrons. The Balaban J connectivity index is 1.72. The van der Waals surface area contributed by atoms with E-state index in [-0.39, 0.29) is 0 Å². The Morgan fingerprint density at radius 1 is 0.958 bits per heavy atom. The van der Waals surface area contributed by atoms with Gasteiger partial charge in [0.2, 0.25) is 0 Å². The van der Waals surface area contributed by atoms with Crippen molar-refractivity contribution in [3.8, 4) is 0 Å². The van der Waals surface area contributed by atoms with Gasteiger partial charge in [-0.1, -0.05) is 90.0 Å². The second-order valence-electron chi connectivity index (χ2n) is 6.65. The predicted octanol–water partition coefficient (Wildman–Crippen LogP) is 5.18.